The van der Waals surface area contributed by atoms with Crippen LogP contribution in [0.3, 0.4) is 0 Å². The summed E-state index contributed by atoms with van der Waals surface area (Å²) in [7, 11) is 1.65. The predicted molar refractivity (Wildman–Crippen MR) is 122 cm³/mol. The third-order valence-corrected chi connectivity index (χ3v) is 5.38. The van der Waals surface area contributed by atoms with Crippen LogP contribution in [0.15, 0.2) is 115 Å². The highest BCUT2D eigenvalue weighted by Gasteiger charge is 2.41. The third kappa shape index (κ3) is 3.93. The first-order valence-electron chi connectivity index (χ1n) is 10.0. The van der Waals surface area contributed by atoms with Crippen LogP contribution < -0.4 is 10.1 Å². The first-order valence-corrected chi connectivity index (χ1v) is 10.0. The maximum absolute atomic E-state index is 12.4. The first kappa shape index (κ1) is 19.7. The van der Waals surface area contributed by atoms with Crippen LogP contribution in [0.2, 0.25) is 0 Å². The second kappa shape index (κ2) is 8.85. The molecule has 0 aliphatic rings. The van der Waals surface area contributed by atoms with Gasteiger partial charge in [0, 0.05) is 5.69 Å². The van der Waals surface area contributed by atoms with Crippen LogP contribution in [-0.4, -0.2) is 12.2 Å². The topological polar surface area (TPSA) is 41.5 Å². The van der Waals surface area contributed by atoms with Crippen LogP contribution in [0.25, 0.3) is 0 Å². The summed E-state index contributed by atoms with van der Waals surface area (Å²) in [5, 5.41) is 15.9. The molecule has 0 aliphatic carbocycles. The van der Waals surface area contributed by atoms with E-state index in [-0.39, 0.29) is 0 Å². The summed E-state index contributed by atoms with van der Waals surface area (Å²) in [5.74, 6) is 0.778. The summed E-state index contributed by atoms with van der Waals surface area (Å²) in [6.45, 7) is 0. The number of benzene rings is 4. The van der Waals surface area contributed by atoms with Crippen LogP contribution in [0.4, 0.5) is 5.69 Å². The Morgan fingerprint density at radius 2 is 1.13 bits per heavy atom. The maximum Gasteiger partial charge on any atom is 0.139 e. The lowest BCUT2D eigenvalue weighted by Gasteiger charge is -2.38. The summed E-state index contributed by atoms with van der Waals surface area (Å²) in [6.07, 6.45) is 0. The molecule has 3 nitrogen and oxygen atoms in total. The second-order valence-electron chi connectivity index (χ2n) is 7.21. The molecule has 1 unspecified atom stereocenters. The lowest BCUT2D eigenvalue weighted by molar-refractivity contribution is 0.0585. The zero-order chi connectivity index (χ0) is 20.8. The molecule has 4 aromatic carbocycles. The number of rotatable bonds is 7. The number of para-hydroxylation sites is 1. The predicted octanol–water partition coefficient (Wildman–Crippen LogP) is 5.78. The molecule has 0 aromatic heterocycles. The Bertz CT molecular complexity index is 1010. The number of aliphatic hydroxyl groups is 1. The average Bonchev–Trinajstić information content (AvgIpc) is 2.84. The van der Waals surface area contributed by atoms with E-state index in [1.54, 1.807) is 7.11 Å². The highest BCUT2D eigenvalue weighted by atomic mass is 16.5. The Morgan fingerprint density at radius 1 is 0.667 bits per heavy atom. The van der Waals surface area contributed by atoms with Gasteiger partial charge in [-0.05, 0) is 41.0 Å². The molecule has 0 amide bonds. The minimum atomic E-state index is -1.30. The van der Waals surface area contributed by atoms with E-state index in [9.17, 15) is 5.11 Å². The van der Waals surface area contributed by atoms with E-state index in [2.05, 4.69) is 5.32 Å². The summed E-state index contributed by atoms with van der Waals surface area (Å²) in [6, 6.07) is 37.0. The monoisotopic (exact) mass is 395 g/mol. The van der Waals surface area contributed by atoms with Crippen LogP contribution in [0.1, 0.15) is 22.7 Å². The van der Waals surface area contributed by atoms with Gasteiger partial charge in [-0.25, -0.2) is 0 Å². The zero-order valence-corrected chi connectivity index (χ0v) is 16.9. The summed E-state index contributed by atoms with van der Waals surface area (Å²) >= 11 is 0. The maximum atomic E-state index is 12.4. The summed E-state index contributed by atoms with van der Waals surface area (Å²) < 4.78 is 5.34. The number of ether oxygens (including phenoxy) is 1. The number of anilines is 1. The van der Waals surface area contributed by atoms with Gasteiger partial charge in [0.05, 0.1) is 13.2 Å². The van der Waals surface area contributed by atoms with Gasteiger partial charge in [0.15, 0.2) is 0 Å². The molecule has 0 saturated heterocycles. The van der Waals surface area contributed by atoms with Crippen molar-refractivity contribution >= 4 is 5.69 Å². The quantitative estimate of drug-likeness (QED) is 0.416. The molecular weight excluding hydrogens is 370 g/mol. The SMILES string of the molecule is COc1ccc(C(Nc2ccccc2)C(O)(c2ccccc2)c2ccccc2)cc1. The van der Waals surface area contributed by atoms with Gasteiger partial charge < -0.3 is 15.2 Å². The standard InChI is InChI=1S/C27H25NO2/c1-30-25-19-17-21(18-20-25)26(28-24-15-9-4-10-16-24)27(29,22-11-5-2-6-12-22)23-13-7-3-8-14-23/h2-20,26,28-29H,1H3. The van der Waals surface area contributed by atoms with E-state index in [1.165, 1.54) is 0 Å². The largest absolute Gasteiger partial charge is 0.497 e. The molecule has 150 valence electrons. The van der Waals surface area contributed by atoms with Crippen LogP contribution in [-0.2, 0) is 5.60 Å². The van der Waals surface area contributed by atoms with Crippen molar-refractivity contribution in [3.8, 4) is 5.75 Å². The fraction of sp³-hybridized carbons (Fsp3) is 0.111. The average molecular weight is 396 g/mol. The van der Waals surface area contributed by atoms with Crippen molar-refractivity contribution in [2.75, 3.05) is 12.4 Å². The number of hydrogen-bond acceptors (Lipinski definition) is 3. The Labute approximate surface area is 177 Å². The number of nitrogens with one attached hydrogen (secondary N) is 1. The van der Waals surface area contributed by atoms with Crippen LogP contribution in [0, 0.1) is 0 Å². The Morgan fingerprint density at radius 3 is 1.60 bits per heavy atom. The fourth-order valence-electron chi connectivity index (χ4n) is 3.81. The van der Waals surface area contributed by atoms with Gasteiger partial charge >= 0.3 is 0 Å². The van der Waals surface area contributed by atoms with Crippen LogP contribution >= 0.6 is 0 Å². The molecule has 0 saturated carbocycles. The normalized spacial score (nSPS) is 12.2. The molecule has 0 aliphatic heterocycles. The molecule has 4 aromatic rings. The van der Waals surface area contributed by atoms with Crippen molar-refractivity contribution in [3.05, 3.63) is 132 Å². The van der Waals surface area contributed by atoms with Crippen molar-refractivity contribution in [2.45, 2.75) is 11.6 Å². The van der Waals surface area contributed by atoms with Gasteiger partial charge in [0.1, 0.15) is 11.4 Å². The molecule has 0 heterocycles. The molecule has 3 heteroatoms. The summed E-state index contributed by atoms with van der Waals surface area (Å²) in [5.41, 5.74) is 2.23. The van der Waals surface area contributed by atoms with Gasteiger partial charge in [0.25, 0.3) is 0 Å². The van der Waals surface area contributed by atoms with Crippen molar-refractivity contribution < 1.29 is 9.84 Å². The van der Waals surface area contributed by atoms with E-state index < -0.39 is 11.6 Å². The van der Waals surface area contributed by atoms with Crippen LogP contribution in [0.5, 0.6) is 5.75 Å². The van der Waals surface area contributed by atoms with E-state index in [0.29, 0.717) is 0 Å². The molecule has 0 radical (unpaired) electrons. The van der Waals surface area contributed by atoms with Crippen molar-refractivity contribution in [2.24, 2.45) is 0 Å². The van der Waals surface area contributed by atoms with Gasteiger partial charge in [-0.3, -0.25) is 0 Å². The van der Waals surface area contributed by atoms with E-state index in [0.717, 1.165) is 28.1 Å². The molecule has 1 atom stereocenters. The van der Waals surface area contributed by atoms with Crippen molar-refractivity contribution in [1.29, 1.82) is 0 Å². The minimum absolute atomic E-state index is 0.435. The lowest BCUT2D eigenvalue weighted by atomic mass is 9.77. The molecule has 0 fully saturated rings. The molecular formula is C27H25NO2. The molecule has 0 spiro atoms. The highest BCUT2D eigenvalue weighted by molar-refractivity contribution is 5.51. The van der Waals surface area contributed by atoms with Gasteiger partial charge in [-0.2, -0.15) is 0 Å². The molecule has 0 bridgehead atoms. The number of hydrogen-bond donors (Lipinski definition) is 2. The Kier molecular flexibility index (Phi) is 5.82. The molecule has 30 heavy (non-hydrogen) atoms. The highest BCUT2D eigenvalue weighted by Crippen LogP contribution is 2.43. The number of methoxy groups -OCH3 is 1. The third-order valence-electron chi connectivity index (χ3n) is 5.38. The van der Waals surface area contributed by atoms with Crippen molar-refractivity contribution in [3.63, 3.8) is 0 Å². The Balaban J connectivity index is 1.90. The Hall–Kier alpha value is -3.56. The van der Waals surface area contributed by atoms with Crippen molar-refractivity contribution in [1.82, 2.24) is 0 Å². The first-order chi connectivity index (χ1) is 14.7. The van der Waals surface area contributed by atoms with Gasteiger partial charge in [0.2, 0.25) is 0 Å². The van der Waals surface area contributed by atoms with E-state index in [1.807, 2.05) is 115 Å². The lowest BCUT2D eigenvalue weighted by Crippen LogP contribution is -2.39. The molecule has 2 N–H and O–H groups in total. The second-order valence-corrected chi connectivity index (χ2v) is 7.21. The molecule has 4 rings (SSSR count). The zero-order valence-electron chi connectivity index (χ0n) is 16.9. The minimum Gasteiger partial charge on any atom is -0.497 e. The van der Waals surface area contributed by atoms with E-state index in [4.69, 9.17) is 4.74 Å². The summed E-state index contributed by atoms with van der Waals surface area (Å²) in [4.78, 5) is 0. The smallest absolute Gasteiger partial charge is 0.139 e. The van der Waals surface area contributed by atoms with Gasteiger partial charge in [-0.1, -0.05) is 91.0 Å². The van der Waals surface area contributed by atoms with E-state index >= 15 is 0 Å². The fourth-order valence-corrected chi connectivity index (χ4v) is 3.81. The van der Waals surface area contributed by atoms with Gasteiger partial charge in [-0.15, -0.1) is 0 Å².